The second-order valence-electron chi connectivity index (χ2n) is 6.63. The van der Waals surface area contributed by atoms with Gasteiger partial charge in [-0.3, -0.25) is 9.78 Å². The Hall–Kier alpha value is -2.29. The van der Waals surface area contributed by atoms with Gasteiger partial charge in [-0.1, -0.05) is 11.6 Å². The number of aromatic nitrogens is 3. The van der Waals surface area contributed by atoms with Crippen molar-refractivity contribution < 1.29 is 9.90 Å². The van der Waals surface area contributed by atoms with Crippen molar-refractivity contribution in [3.05, 3.63) is 46.2 Å². The average Bonchev–Trinajstić information content (AvgIpc) is 3.08. The normalized spacial score (nSPS) is 20.1. The molecule has 3 heterocycles. The van der Waals surface area contributed by atoms with E-state index in [9.17, 15) is 9.90 Å². The monoisotopic (exact) mass is 403 g/mol. The van der Waals surface area contributed by atoms with Crippen LogP contribution in [0, 0.1) is 0 Å². The third-order valence-electron chi connectivity index (χ3n) is 4.54. The van der Waals surface area contributed by atoms with Crippen molar-refractivity contribution in [1.82, 2.24) is 20.3 Å². The predicted octanol–water partition coefficient (Wildman–Crippen LogP) is 3.17. The lowest BCUT2D eigenvalue weighted by Crippen LogP contribution is -2.47. The molecule has 4 rings (SSSR count). The highest BCUT2D eigenvalue weighted by Crippen LogP contribution is 2.27. The number of halogens is 1. The van der Waals surface area contributed by atoms with Gasteiger partial charge < -0.3 is 15.7 Å². The Morgan fingerprint density at radius 1 is 1.37 bits per heavy atom. The number of hydrogen-bond acceptors (Lipinski definition) is 7. The van der Waals surface area contributed by atoms with Crippen LogP contribution >= 0.6 is 22.9 Å². The first-order valence-electron chi connectivity index (χ1n) is 8.61. The third kappa shape index (κ3) is 3.87. The number of amides is 1. The van der Waals surface area contributed by atoms with Gasteiger partial charge in [0.2, 0.25) is 5.95 Å². The van der Waals surface area contributed by atoms with Gasteiger partial charge in [-0.05, 0) is 42.8 Å². The molecule has 1 atom stereocenters. The van der Waals surface area contributed by atoms with Gasteiger partial charge in [0.25, 0.3) is 5.91 Å². The Morgan fingerprint density at radius 2 is 2.19 bits per heavy atom. The molecule has 0 bridgehead atoms. The molecule has 0 aliphatic heterocycles. The second kappa shape index (κ2) is 7.38. The maximum Gasteiger partial charge on any atom is 0.271 e. The number of aliphatic hydroxyl groups is 1. The average molecular weight is 404 g/mol. The van der Waals surface area contributed by atoms with E-state index in [1.807, 2.05) is 24.4 Å². The topological polar surface area (TPSA) is 100 Å². The molecule has 3 aromatic heterocycles. The third-order valence-corrected chi connectivity index (χ3v) is 5.66. The van der Waals surface area contributed by atoms with Crippen LogP contribution < -0.4 is 10.6 Å². The van der Waals surface area contributed by atoms with Gasteiger partial charge in [0.15, 0.2) is 5.69 Å². The van der Waals surface area contributed by atoms with Gasteiger partial charge in [0.05, 0.1) is 27.4 Å². The number of pyridine rings is 1. The largest absolute Gasteiger partial charge is 0.393 e. The number of thiophene rings is 1. The molecule has 1 aliphatic carbocycles. The summed E-state index contributed by atoms with van der Waals surface area (Å²) >= 11 is 7.44. The Balaban J connectivity index is 1.59. The molecule has 0 unspecified atom stereocenters. The minimum atomic E-state index is -0.327. The summed E-state index contributed by atoms with van der Waals surface area (Å²) in [6.07, 6.45) is 4.13. The van der Waals surface area contributed by atoms with Crippen LogP contribution in [-0.2, 0) is 0 Å². The number of nitrogens with zero attached hydrogens (tertiary/aromatic N) is 3. The van der Waals surface area contributed by atoms with Gasteiger partial charge >= 0.3 is 0 Å². The van der Waals surface area contributed by atoms with Crippen LogP contribution in [0.15, 0.2) is 29.9 Å². The molecule has 0 spiro atoms. The van der Waals surface area contributed by atoms with Crippen LogP contribution in [0.2, 0.25) is 5.02 Å². The molecule has 3 N–H and O–H groups in total. The predicted molar refractivity (Wildman–Crippen MR) is 105 cm³/mol. The Kier molecular flexibility index (Phi) is 4.94. The van der Waals surface area contributed by atoms with E-state index in [-0.39, 0.29) is 24.1 Å². The number of carbonyl (C=O) groups excluding carboxylic acids is 1. The van der Waals surface area contributed by atoms with Crippen LogP contribution in [-0.4, -0.2) is 38.1 Å². The lowest BCUT2D eigenvalue weighted by atomic mass is 9.89. The molecular weight excluding hydrogens is 386 g/mol. The van der Waals surface area contributed by atoms with Crippen molar-refractivity contribution in [1.29, 1.82) is 0 Å². The molecule has 0 saturated heterocycles. The molecule has 3 aromatic rings. The number of aliphatic hydroxyl groups excluding tert-OH is 1. The van der Waals surface area contributed by atoms with E-state index < -0.39 is 0 Å². The first kappa shape index (κ1) is 18.1. The van der Waals surface area contributed by atoms with Crippen molar-refractivity contribution in [2.75, 3.05) is 5.32 Å². The zero-order chi connectivity index (χ0) is 19.0. The van der Waals surface area contributed by atoms with E-state index in [1.54, 1.807) is 12.4 Å². The molecule has 140 valence electrons. The highest BCUT2D eigenvalue weighted by molar-refractivity contribution is 7.17. The molecule has 9 heteroatoms. The molecular formula is C18H18ClN5O2S. The van der Waals surface area contributed by atoms with E-state index >= 15 is 0 Å². The molecule has 0 radical (unpaired) electrons. The van der Waals surface area contributed by atoms with Gasteiger partial charge in [-0.15, -0.1) is 11.3 Å². The number of hydrogen-bond donors (Lipinski definition) is 3. The van der Waals surface area contributed by atoms with Crippen molar-refractivity contribution in [2.24, 2.45) is 0 Å². The van der Waals surface area contributed by atoms with Crippen molar-refractivity contribution in [3.63, 3.8) is 0 Å². The van der Waals surface area contributed by atoms with E-state index in [2.05, 4.69) is 25.6 Å². The summed E-state index contributed by atoms with van der Waals surface area (Å²) in [5.41, 5.74) is 1.95. The number of nitrogens with one attached hydrogen (secondary N) is 2. The second-order valence-corrected chi connectivity index (χ2v) is 7.98. The summed E-state index contributed by atoms with van der Waals surface area (Å²) in [6, 6.07) is 3.54. The maximum atomic E-state index is 12.7. The standard InChI is InChI=1S/C18H18ClN5O2S/c1-9(10-4-11(19)8-20-7-10)21-18-23-14-2-3-27-16(14)15(24-18)17(26)22-12-5-13(25)6-12/h2-4,7-9,12-13,25H,5-6H2,1H3,(H,22,26)(H,21,23,24)/t9-,12?,13?/m0/s1. The molecule has 27 heavy (non-hydrogen) atoms. The van der Waals surface area contributed by atoms with Gasteiger partial charge in [0.1, 0.15) is 0 Å². The van der Waals surface area contributed by atoms with Gasteiger partial charge in [-0.25, -0.2) is 9.97 Å². The Bertz CT molecular complexity index is 989. The quantitative estimate of drug-likeness (QED) is 0.605. The van der Waals surface area contributed by atoms with Crippen molar-refractivity contribution in [3.8, 4) is 0 Å². The summed E-state index contributed by atoms with van der Waals surface area (Å²) < 4.78 is 0.745. The first-order chi connectivity index (χ1) is 13.0. The fourth-order valence-electron chi connectivity index (χ4n) is 2.98. The highest BCUT2D eigenvalue weighted by atomic mass is 35.5. The fraction of sp³-hybridized carbons (Fsp3) is 0.333. The van der Waals surface area contributed by atoms with Crippen LogP contribution in [0.4, 0.5) is 5.95 Å². The Morgan fingerprint density at radius 3 is 2.93 bits per heavy atom. The minimum absolute atomic E-state index is 0.00894. The summed E-state index contributed by atoms with van der Waals surface area (Å²) in [5, 5.41) is 18.0. The number of rotatable bonds is 5. The van der Waals surface area contributed by atoms with Gasteiger partial charge in [-0.2, -0.15) is 0 Å². The smallest absolute Gasteiger partial charge is 0.271 e. The molecule has 1 fully saturated rings. The van der Waals surface area contributed by atoms with Crippen molar-refractivity contribution >= 4 is 45.0 Å². The van der Waals surface area contributed by atoms with Crippen LogP contribution in [0.5, 0.6) is 0 Å². The van der Waals surface area contributed by atoms with E-state index in [4.69, 9.17) is 11.6 Å². The van der Waals surface area contributed by atoms with Crippen molar-refractivity contribution in [2.45, 2.75) is 38.0 Å². The van der Waals surface area contributed by atoms with Crippen LogP contribution in [0.1, 0.15) is 41.9 Å². The lowest BCUT2D eigenvalue weighted by Gasteiger charge is -2.31. The summed E-state index contributed by atoms with van der Waals surface area (Å²) in [5.74, 6) is 0.119. The number of carbonyl (C=O) groups is 1. The van der Waals surface area contributed by atoms with Gasteiger partial charge in [0, 0.05) is 18.4 Å². The Labute approximate surface area is 164 Å². The first-order valence-corrected chi connectivity index (χ1v) is 9.86. The number of anilines is 1. The summed E-state index contributed by atoms with van der Waals surface area (Å²) in [6.45, 7) is 1.95. The van der Waals surface area contributed by atoms with E-state index in [0.717, 1.165) is 10.3 Å². The molecule has 1 aliphatic rings. The van der Waals surface area contributed by atoms with Crippen LogP contribution in [0.25, 0.3) is 10.2 Å². The summed E-state index contributed by atoms with van der Waals surface area (Å²) in [4.78, 5) is 25.7. The maximum absolute atomic E-state index is 12.7. The molecule has 7 nitrogen and oxygen atoms in total. The van der Waals surface area contributed by atoms with Crippen LogP contribution in [0.3, 0.4) is 0 Å². The van der Waals surface area contributed by atoms with E-state index in [1.165, 1.54) is 11.3 Å². The number of fused-ring (bicyclic) bond motifs is 1. The fourth-order valence-corrected chi connectivity index (χ4v) is 3.98. The zero-order valence-electron chi connectivity index (χ0n) is 14.5. The molecule has 1 amide bonds. The highest BCUT2D eigenvalue weighted by Gasteiger charge is 2.30. The molecule has 0 aromatic carbocycles. The minimum Gasteiger partial charge on any atom is -0.393 e. The van der Waals surface area contributed by atoms with E-state index in [0.29, 0.717) is 35.0 Å². The lowest BCUT2D eigenvalue weighted by molar-refractivity contribution is 0.0561. The zero-order valence-corrected chi connectivity index (χ0v) is 16.1. The summed E-state index contributed by atoms with van der Waals surface area (Å²) in [7, 11) is 0. The SMILES string of the molecule is C[C@H](Nc1nc(C(=O)NC2CC(O)C2)c2sccc2n1)c1cncc(Cl)c1. The molecule has 1 saturated carbocycles.